The highest BCUT2D eigenvalue weighted by atomic mass is 35.5. The molecule has 0 aliphatic carbocycles. The molecule has 112 valence electrons. The van der Waals surface area contributed by atoms with Crippen LogP contribution in [0.3, 0.4) is 0 Å². The summed E-state index contributed by atoms with van der Waals surface area (Å²) in [5, 5.41) is 30.4. The molecule has 0 aliphatic rings. The van der Waals surface area contributed by atoms with Gasteiger partial charge < -0.3 is 20.6 Å². The van der Waals surface area contributed by atoms with Crippen molar-refractivity contribution in [2.24, 2.45) is 0 Å². The van der Waals surface area contributed by atoms with Crippen LogP contribution in [0.2, 0.25) is 5.02 Å². The summed E-state index contributed by atoms with van der Waals surface area (Å²) >= 11 is 7.17. The Balaban J connectivity index is 2.38. The van der Waals surface area contributed by atoms with Crippen LogP contribution in [-0.4, -0.2) is 52.3 Å². The van der Waals surface area contributed by atoms with E-state index in [1.54, 1.807) is 12.1 Å². The van der Waals surface area contributed by atoms with Gasteiger partial charge in [0.05, 0.1) is 25.6 Å². The summed E-state index contributed by atoms with van der Waals surface area (Å²) in [5.41, 5.74) is -0.317. The highest BCUT2D eigenvalue weighted by molar-refractivity contribution is 7.99. The van der Waals surface area contributed by atoms with Crippen molar-refractivity contribution in [3.63, 3.8) is 0 Å². The Kier molecular flexibility index (Phi) is 7.32. The first-order chi connectivity index (χ1) is 9.55. The lowest BCUT2D eigenvalue weighted by Crippen LogP contribution is -2.57. The van der Waals surface area contributed by atoms with E-state index in [9.17, 15) is 4.79 Å². The zero-order valence-electron chi connectivity index (χ0n) is 10.9. The Labute approximate surface area is 127 Å². The van der Waals surface area contributed by atoms with Gasteiger partial charge in [-0.3, -0.25) is 4.79 Å². The van der Waals surface area contributed by atoms with E-state index < -0.39 is 25.4 Å². The van der Waals surface area contributed by atoms with Crippen LogP contribution in [0.4, 0.5) is 0 Å². The molecule has 1 rings (SSSR count). The number of halogens is 1. The molecular formula is C13H18ClNO4S. The van der Waals surface area contributed by atoms with Crippen LogP contribution in [0.5, 0.6) is 0 Å². The van der Waals surface area contributed by atoms with Crippen LogP contribution < -0.4 is 5.32 Å². The zero-order chi connectivity index (χ0) is 15.0. The van der Waals surface area contributed by atoms with Gasteiger partial charge in [0.1, 0.15) is 5.54 Å². The molecule has 0 aliphatic heterocycles. The first-order valence-corrected chi connectivity index (χ1v) is 7.54. The fraction of sp³-hybridized carbons (Fsp3) is 0.462. The van der Waals surface area contributed by atoms with Gasteiger partial charge >= 0.3 is 0 Å². The Morgan fingerprint density at radius 3 is 2.20 bits per heavy atom. The molecule has 5 nitrogen and oxygen atoms in total. The molecule has 1 amide bonds. The van der Waals surface area contributed by atoms with Crippen molar-refractivity contribution in [2.45, 2.75) is 11.3 Å². The SMILES string of the molecule is O=C(CSCc1ccc(Cl)cc1)NC(CO)(CO)CO. The van der Waals surface area contributed by atoms with Crippen molar-refractivity contribution in [3.05, 3.63) is 34.9 Å². The van der Waals surface area contributed by atoms with Crippen LogP contribution in [0, 0.1) is 0 Å². The average Bonchev–Trinajstić information content (AvgIpc) is 2.47. The second kappa shape index (κ2) is 8.49. The summed E-state index contributed by atoms with van der Waals surface area (Å²) in [4.78, 5) is 11.7. The van der Waals surface area contributed by atoms with Crippen molar-refractivity contribution < 1.29 is 20.1 Å². The van der Waals surface area contributed by atoms with Crippen molar-refractivity contribution in [1.82, 2.24) is 5.32 Å². The van der Waals surface area contributed by atoms with Gasteiger partial charge in [0, 0.05) is 10.8 Å². The maximum absolute atomic E-state index is 11.7. The molecular weight excluding hydrogens is 302 g/mol. The molecule has 0 radical (unpaired) electrons. The lowest BCUT2D eigenvalue weighted by molar-refractivity contribution is -0.122. The molecule has 4 N–H and O–H groups in total. The molecule has 0 heterocycles. The monoisotopic (exact) mass is 319 g/mol. The van der Waals surface area contributed by atoms with Crippen LogP contribution in [0.15, 0.2) is 24.3 Å². The van der Waals surface area contributed by atoms with Crippen molar-refractivity contribution in [3.8, 4) is 0 Å². The van der Waals surface area contributed by atoms with Gasteiger partial charge in [-0.15, -0.1) is 11.8 Å². The van der Waals surface area contributed by atoms with E-state index in [2.05, 4.69) is 5.32 Å². The number of benzene rings is 1. The molecule has 20 heavy (non-hydrogen) atoms. The number of rotatable bonds is 8. The molecule has 0 saturated heterocycles. The fourth-order valence-electron chi connectivity index (χ4n) is 1.44. The minimum absolute atomic E-state index is 0.171. The standard InChI is InChI=1S/C13H18ClNO4S/c14-11-3-1-10(2-4-11)5-20-6-12(19)15-13(7-16,8-17)9-18/h1-4,16-18H,5-9H2,(H,15,19). The lowest BCUT2D eigenvalue weighted by atomic mass is 10.0. The average molecular weight is 320 g/mol. The number of thioether (sulfide) groups is 1. The number of aliphatic hydroxyl groups excluding tert-OH is 3. The predicted molar refractivity (Wildman–Crippen MR) is 79.7 cm³/mol. The highest BCUT2D eigenvalue weighted by Crippen LogP contribution is 2.15. The Bertz CT molecular complexity index is 415. The van der Waals surface area contributed by atoms with E-state index in [0.717, 1.165) is 5.56 Å². The molecule has 0 spiro atoms. The normalized spacial score (nSPS) is 11.4. The molecule has 1 aromatic carbocycles. The van der Waals surface area contributed by atoms with E-state index in [4.69, 9.17) is 26.9 Å². The Hall–Kier alpha value is -0.790. The third-order valence-corrected chi connectivity index (χ3v) is 3.98. The minimum Gasteiger partial charge on any atom is -0.394 e. The van der Waals surface area contributed by atoms with Crippen molar-refractivity contribution in [2.75, 3.05) is 25.6 Å². The van der Waals surface area contributed by atoms with Crippen molar-refractivity contribution >= 4 is 29.3 Å². The van der Waals surface area contributed by atoms with Gasteiger partial charge in [0.15, 0.2) is 0 Å². The molecule has 0 bridgehead atoms. The highest BCUT2D eigenvalue weighted by Gasteiger charge is 2.29. The number of aliphatic hydroxyl groups is 3. The fourth-order valence-corrected chi connectivity index (χ4v) is 2.36. The largest absolute Gasteiger partial charge is 0.394 e. The van der Waals surface area contributed by atoms with Crippen LogP contribution >= 0.6 is 23.4 Å². The smallest absolute Gasteiger partial charge is 0.230 e. The summed E-state index contributed by atoms with van der Waals surface area (Å²) in [7, 11) is 0. The van der Waals surface area contributed by atoms with E-state index in [0.29, 0.717) is 10.8 Å². The summed E-state index contributed by atoms with van der Waals surface area (Å²) in [5.74, 6) is 0.473. The summed E-state index contributed by atoms with van der Waals surface area (Å²) in [6.45, 7) is -1.56. The third-order valence-electron chi connectivity index (χ3n) is 2.73. The van der Waals surface area contributed by atoms with Gasteiger partial charge in [-0.05, 0) is 17.7 Å². The van der Waals surface area contributed by atoms with E-state index in [-0.39, 0.29) is 11.7 Å². The van der Waals surface area contributed by atoms with E-state index in [1.807, 2.05) is 12.1 Å². The van der Waals surface area contributed by atoms with Gasteiger partial charge in [0.25, 0.3) is 0 Å². The second-order valence-electron chi connectivity index (χ2n) is 4.42. The van der Waals surface area contributed by atoms with E-state index >= 15 is 0 Å². The first-order valence-electron chi connectivity index (χ1n) is 6.01. The van der Waals surface area contributed by atoms with Gasteiger partial charge in [-0.2, -0.15) is 0 Å². The molecule has 1 aromatic rings. The first kappa shape index (κ1) is 17.3. The van der Waals surface area contributed by atoms with Crippen LogP contribution in [0.25, 0.3) is 0 Å². The van der Waals surface area contributed by atoms with Crippen LogP contribution in [-0.2, 0) is 10.5 Å². The van der Waals surface area contributed by atoms with Gasteiger partial charge in [-0.1, -0.05) is 23.7 Å². The molecule has 0 fully saturated rings. The second-order valence-corrected chi connectivity index (χ2v) is 5.84. The quantitative estimate of drug-likeness (QED) is 0.557. The number of amides is 1. The van der Waals surface area contributed by atoms with Gasteiger partial charge in [-0.25, -0.2) is 0 Å². The van der Waals surface area contributed by atoms with Crippen molar-refractivity contribution in [1.29, 1.82) is 0 Å². The number of hydrogen-bond acceptors (Lipinski definition) is 5. The molecule has 0 saturated carbocycles. The van der Waals surface area contributed by atoms with Crippen LogP contribution in [0.1, 0.15) is 5.56 Å². The predicted octanol–water partition coefficient (Wildman–Crippen LogP) is 0.405. The summed E-state index contributed by atoms with van der Waals surface area (Å²) < 4.78 is 0. The molecule has 0 unspecified atom stereocenters. The minimum atomic E-state index is -1.36. The molecule has 0 atom stereocenters. The number of carbonyl (C=O) groups is 1. The Morgan fingerprint density at radius 2 is 1.70 bits per heavy atom. The maximum atomic E-state index is 11.7. The topological polar surface area (TPSA) is 89.8 Å². The third kappa shape index (κ3) is 5.30. The summed E-state index contributed by atoms with van der Waals surface area (Å²) in [6, 6.07) is 7.33. The van der Waals surface area contributed by atoms with Gasteiger partial charge in [0.2, 0.25) is 5.91 Å². The maximum Gasteiger partial charge on any atom is 0.230 e. The Morgan fingerprint density at radius 1 is 1.15 bits per heavy atom. The number of carbonyl (C=O) groups excluding carboxylic acids is 1. The summed E-state index contributed by atoms with van der Waals surface area (Å²) in [6.07, 6.45) is 0. The van der Waals surface area contributed by atoms with E-state index in [1.165, 1.54) is 11.8 Å². The number of nitrogens with one attached hydrogen (secondary N) is 1. The lowest BCUT2D eigenvalue weighted by Gasteiger charge is -2.28. The molecule has 7 heteroatoms. The molecule has 0 aromatic heterocycles. The zero-order valence-corrected chi connectivity index (χ0v) is 12.5. The number of hydrogen-bond donors (Lipinski definition) is 4.